The van der Waals surface area contributed by atoms with Gasteiger partial charge in [0.05, 0.1) is 23.5 Å². The van der Waals surface area contributed by atoms with Crippen LogP contribution >= 0.6 is 0 Å². The van der Waals surface area contributed by atoms with E-state index in [-0.39, 0.29) is 12.1 Å². The second kappa shape index (κ2) is 5.92. The van der Waals surface area contributed by atoms with E-state index in [0.717, 1.165) is 30.7 Å². The van der Waals surface area contributed by atoms with E-state index in [9.17, 15) is 0 Å². The molecule has 2 N–H and O–H groups in total. The van der Waals surface area contributed by atoms with Crippen molar-refractivity contribution in [2.45, 2.75) is 45.2 Å². The number of hydrazine groups is 1. The predicted molar refractivity (Wildman–Crippen MR) is 83.3 cm³/mol. The predicted octanol–water partition coefficient (Wildman–Crippen LogP) is 3.24. The highest BCUT2D eigenvalue weighted by atomic mass is 15.4. The summed E-state index contributed by atoms with van der Waals surface area (Å²) in [4.78, 5) is 9.12. The number of aryl methyl sites for hydroxylation is 2. The number of pyridine rings is 2. The minimum Gasteiger partial charge on any atom is -0.268 e. The van der Waals surface area contributed by atoms with Crippen LogP contribution in [-0.4, -0.2) is 15.0 Å². The molecule has 2 atom stereocenters. The molecule has 21 heavy (non-hydrogen) atoms. The molecule has 2 aromatic rings. The minimum atomic E-state index is 0.173. The highest BCUT2D eigenvalue weighted by Crippen LogP contribution is 2.39. The van der Waals surface area contributed by atoms with E-state index < -0.39 is 0 Å². The molecule has 0 bridgehead atoms. The minimum absolute atomic E-state index is 0.173. The summed E-state index contributed by atoms with van der Waals surface area (Å²) in [6.07, 6.45) is 6.96. The van der Waals surface area contributed by atoms with Gasteiger partial charge in [-0.1, -0.05) is 12.1 Å². The van der Waals surface area contributed by atoms with Gasteiger partial charge in [0.2, 0.25) is 0 Å². The third kappa shape index (κ3) is 2.69. The molecule has 1 aliphatic rings. The number of aromatic nitrogens is 2. The Hall–Kier alpha value is -1.78. The molecule has 0 aromatic carbocycles. The maximum Gasteiger partial charge on any atom is 0.0672 e. The van der Waals surface area contributed by atoms with Crippen molar-refractivity contribution in [3.8, 4) is 0 Å². The Labute approximate surface area is 126 Å². The normalized spacial score (nSPS) is 23.2. The van der Waals surface area contributed by atoms with E-state index >= 15 is 0 Å². The van der Waals surface area contributed by atoms with E-state index in [4.69, 9.17) is 5.84 Å². The summed E-state index contributed by atoms with van der Waals surface area (Å²) in [6.45, 7) is 4.21. The van der Waals surface area contributed by atoms with Crippen LogP contribution in [0.25, 0.3) is 0 Å². The van der Waals surface area contributed by atoms with E-state index in [2.05, 4.69) is 35.9 Å². The van der Waals surface area contributed by atoms with Gasteiger partial charge in [-0.05, 0) is 56.4 Å². The zero-order valence-corrected chi connectivity index (χ0v) is 12.7. The van der Waals surface area contributed by atoms with Gasteiger partial charge in [0.25, 0.3) is 0 Å². The molecule has 0 aliphatic carbocycles. The lowest BCUT2D eigenvalue weighted by Gasteiger charge is -2.39. The molecule has 2 unspecified atom stereocenters. The Balaban J connectivity index is 1.93. The Morgan fingerprint density at radius 3 is 1.86 bits per heavy atom. The Kier molecular flexibility index (Phi) is 3.99. The van der Waals surface area contributed by atoms with Crippen LogP contribution in [-0.2, 0) is 0 Å². The fourth-order valence-electron chi connectivity index (χ4n) is 3.27. The van der Waals surface area contributed by atoms with Crippen LogP contribution < -0.4 is 5.84 Å². The van der Waals surface area contributed by atoms with Crippen LogP contribution in [0, 0.1) is 13.8 Å². The monoisotopic (exact) mass is 282 g/mol. The number of hydrogen-bond acceptors (Lipinski definition) is 4. The molecule has 4 heteroatoms. The standard InChI is InChI=1S/C17H22N4/c1-12-6-4-10-19-16(12)14-8-3-9-15(21(14)18)17-13(2)7-5-11-20-17/h4-7,10-11,14-15H,3,8-9,18H2,1-2H3. The van der Waals surface area contributed by atoms with E-state index in [0.29, 0.717) is 0 Å². The van der Waals surface area contributed by atoms with Crippen LogP contribution in [0.3, 0.4) is 0 Å². The van der Waals surface area contributed by atoms with Crippen molar-refractivity contribution >= 4 is 0 Å². The Bertz CT molecular complexity index is 572. The topological polar surface area (TPSA) is 55.0 Å². The molecule has 2 aromatic heterocycles. The molecule has 0 spiro atoms. The van der Waals surface area contributed by atoms with Gasteiger partial charge in [-0.3, -0.25) is 15.8 Å². The molecule has 1 saturated heterocycles. The maximum atomic E-state index is 6.48. The van der Waals surface area contributed by atoms with Crippen LogP contribution in [0.1, 0.15) is 53.9 Å². The lowest BCUT2D eigenvalue weighted by atomic mass is 9.90. The lowest BCUT2D eigenvalue weighted by molar-refractivity contribution is 0.0767. The average Bonchev–Trinajstić information content (AvgIpc) is 2.49. The van der Waals surface area contributed by atoms with Crippen molar-refractivity contribution in [2.75, 3.05) is 0 Å². The smallest absolute Gasteiger partial charge is 0.0672 e. The van der Waals surface area contributed by atoms with Crippen molar-refractivity contribution < 1.29 is 0 Å². The lowest BCUT2D eigenvalue weighted by Crippen LogP contribution is -2.42. The van der Waals surface area contributed by atoms with E-state index in [1.165, 1.54) is 11.1 Å². The SMILES string of the molecule is Cc1cccnc1C1CCCC(c2ncccc2C)N1N. The second-order valence-electron chi connectivity index (χ2n) is 5.82. The third-order valence-electron chi connectivity index (χ3n) is 4.41. The van der Waals surface area contributed by atoms with Gasteiger partial charge in [0.15, 0.2) is 0 Å². The van der Waals surface area contributed by atoms with Crippen molar-refractivity contribution in [2.24, 2.45) is 5.84 Å². The van der Waals surface area contributed by atoms with Crippen molar-refractivity contribution in [1.82, 2.24) is 15.0 Å². The highest BCUT2D eigenvalue weighted by molar-refractivity contribution is 5.25. The molecular formula is C17H22N4. The molecule has 1 aliphatic heterocycles. The van der Waals surface area contributed by atoms with Crippen molar-refractivity contribution in [3.63, 3.8) is 0 Å². The molecule has 0 radical (unpaired) electrons. The zero-order valence-electron chi connectivity index (χ0n) is 12.7. The van der Waals surface area contributed by atoms with Gasteiger partial charge in [0.1, 0.15) is 0 Å². The van der Waals surface area contributed by atoms with Crippen molar-refractivity contribution in [1.29, 1.82) is 0 Å². The number of hydrogen-bond donors (Lipinski definition) is 1. The summed E-state index contributed by atoms with van der Waals surface area (Å²) in [5.74, 6) is 6.48. The average molecular weight is 282 g/mol. The molecule has 3 heterocycles. The van der Waals surface area contributed by atoms with Gasteiger partial charge in [-0.25, -0.2) is 5.01 Å². The first kappa shape index (κ1) is 14.2. The Morgan fingerprint density at radius 2 is 1.43 bits per heavy atom. The van der Waals surface area contributed by atoms with Gasteiger partial charge in [0, 0.05) is 12.4 Å². The summed E-state index contributed by atoms with van der Waals surface area (Å²) in [6, 6.07) is 8.50. The zero-order chi connectivity index (χ0) is 14.8. The maximum absolute atomic E-state index is 6.48. The first-order chi connectivity index (χ1) is 10.2. The molecular weight excluding hydrogens is 260 g/mol. The van der Waals surface area contributed by atoms with Gasteiger partial charge < -0.3 is 0 Å². The van der Waals surface area contributed by atoms with Gasteiger partial charge in [-0.15, -0.1) is 0 Å². The number of nitrogens with two attached hydrogens (primary N) is 1. The first-order valence-corrected chi connectivity index (χ1v) is 7.54. The molecule has 3 rings (SSSR count). The summed E-state index contributed by atoms with van der Waals surface area (Å²) in [5, 5.41) is 1.97. The third-order valence-corrected chi connectivity index (χ3v) is 4.41. The Morgan fingerprint density at radius 1 is 0.952 bits per heavy atom. The highest BCUT2D eigenvalue weighted by Gasteiger charge is 2.33. The number of nitrogens with zero attached hydrogens (tertiary/aromatic N) is 3. The van der Waals surface area contributed by atoms with E-state index in [1.807, 2.05) is 29.5 Å². The molecule has 110 valence electrons. The fraction of sp³-hybridized carbons (Fsp3) is 0.412. The van der Waals surface area contributed by atoms with Crippen LogP contribution in [0.5, 0.6) is 0 Å². The van der Waals surface area contributed by atoms with Gasteiger partial charge in [-0.2, -0.15) is 0 Å². The molecule has 0 amide bonds. The quantitative estimate of drug-likeness (QED) is 0.859. The number of rotatable bonds is 2. The van der Waals surface area contributed by atoms with Gasteiger partial charge >= 0.3 is 0 Å². The molecule has 0 saturated carbocycles. The molecule has 4 nitrogen and oxygen atoms in total. The largest absolute Gasteiger partial charge is 0.268 e. The fourth-order valence-corrected chi connectivity index (χ4v) is 3.27. The van der Waals surface area contributed by atoms with Crippen molar-refractivity contribution in [3.05, 3.63) is 59.2 Å². The van der Waals surface area contributed by atoms with Crippen LogP contribution in [0.2, 0.25) is 0 Å². The van der Waals surface area contributed by atoms with E-state index in [1.54, 1.807) is 0 Å². The summed E-state index contributed by atoms with van der Waals surface area (Å²) >= 11 is 0. The second-order valence-corrected chi connectivity index (χ2v) is 5.82. The van der Waals surface area contributed by atoms with Crippen LogP contribution in [0.4, 0.5) is 0 Å². The summed E-state index contributed by atoms with van der Waals surface area (Å²) < 4.78 is 0. The first-order valence-electron chi connectivity index (χ1n) is 7.54. The summed E-state index contributed by atoms with van der Waals surface area (Å²) in [5.41, 5.74) is 4.60. The summed E-state index contributed by atoms with van der Waals surface area (Å²) in [7, 11) is 0. The number of piperidine rings is 1. The molecule has 1 fully saturated rings. The van der Waals surface area contributed by atoms with Crippen LogP contribution in [0.15, 0.2) is 36.7 Å².